The standard InChI is InChI=1S/C23H26N4O2/c1-17(2)13-22(28)25-24-14-19-16-27(15-18-9-5-4-6-10-18)26-23(19)20-11-7-8-12-21(20)29-3/h4-12,14,16-17H,13,15H2,1-3H3,(H,25,28)/b24-14-. The highest BCUT2D eigenvalue weighted by Gasteiger charge is 2.14. The van der Waals surface area contributed by atoms with Gasteiger partial charge in [0.25, 0.3) is 0 Å². The molecule has 3 rings (SSSR count). The zero-order valence-corrected chi connectivity index (χ0v) is 17.0. The van der Waals surface area contributed by atoms with Gasteiger partial charge < -0.3 is 4.74 Å². The SMILES string of the molecule is COc1ccccc1-c1nn(Cc2ccccc2)cc1/C=N\NC(=O)CC(C)C. The van der Waals surface area contributed by atoms with Crippen LogP contribution < -0.4 is 10.2 Å². The fraction of sp³-hybridized carbons (Fsp3) is 0.261. The lowest BCUT2D eigenvalue weighted by Gasteiger charge is -2.06. The molecular weight excluding hydrogens is 364 g/mol. The normalized spacial score (nSPS) is 11.2. The maximum atomic E-state index is 11.9. The van der Waals surface area contributed by atoms with Crippen LogP contribution in [0.2, 0.25) is 0 Å². The molecule has 2 aromatic carbocycles. The van der Waals surface area contributed by atoms with E-state index in [-0.39, 0.29) is 11.8 Å². The summed E-state index contributed by atoms with van der Waals surface area (Å²) in [6.45, 7) is 4.63. The predicted molar refractivity (Wildman–Crippen MR) is 115 cm³/mol. The summed E-state index contributed by atoms with van der Waals surface area (Å²) in [5.74, 6) is 0.908. The minimum Gasteiger partial charge on any atom is -0.496 e. The van der Waals surface area contributed by atoms with Crippen molar-refractivity contribution in [3.8, 4) is 17.0 Å². The van der Waals surface area contributed by atoms with E-state index in [1.807, 2.05) is 67.2 Å². The Morgan fingerprint density at radius 1 is 1.17 bits per heavy atom. The van der Waals surface area contributed by atoms with E-state index >= 15 is 0 Å². The average Bonchev–Trinajstić information content (AvgIpc) is 3.10. The summed E-state index contributed by atoms with van der Waals surface area (Å²) < 4.78 is 7.37. The fourth-order valence-electron chi connectivity index (χ4n) is 3.02. The molecule has 0 atom stereocenters. The number of ether oxygens (including phenoxy) is 1. The van der Waals surface area contributed by atoms with Crippen LogP contribution in [-0.2, 0) is 11.3 Å². The van der Waals surface area contributed by atoms with Crippen LogP contribution in [0.5, 0.6) is 5.75 Å². The number of carbonyl (C=O) groups excluding carboxylic acids is 1. The minimum atomic E-state index is -0.105. The Morgan fingerprint density at radius 2 is 1.90 bits per heavy atom. The van der Waals surface area contributed by atoms with Gasteiger partial charge in [-0.05, 0) is 23.6 Å². The third kappa shape index (κ3) is 5.54. The summed E-state index contributed by atoms with van der Waals surface area (Å²) in [7, 11) is 1.64. The first kappa shape index (κ1) is 20.3. The van der Waals surface area contributed by atoms with E-state index in [1.165, 1.54) is 0 Å². The van der Waals surface area contributed by atoms with E-state index in [0.717, 1.165) is 28.1 Å². The van der Waals surface area contributed by atoms with Crippen LogP contribution in [0.3, 0.4) is 0 Å². The third-order valence-corrected chi connectivity index (χ3v) is 4.33. The highest BCUT2D eigenvalue weighted by atomic mass is 16.5. The van der Waals surface area contributed by atoms with Gasteiger partial charge in [0.15, 0.2) is 0 Å². The number of hydrogen-bond acceptors (Lipinski definition) is 4. The van der Waals surface area contributed by atoms with Crippen molar-refractivity contribution in [1.82, 2.24) is 15.2 Å². The average molecular weight is 390 g/mol. The van der Waals surface area contributed by atoms with Gasteiger partial charge in [-0.1, -0.05) is 56.3 Å². The first-order chi connectivity index (χ1) is 14.1. The molecule has 1 heterocycles. The second-order valence-electron chi connectivity index (χ2n) is 7.21. The van der Waals surface area contributed by atoms with Gasteiger partial charge in [0.1, 0.15) is 11.4 Å². The summed E-state index contributed by atoms with van der Waals surface area (Å²) in [5, 5.41) is 8.90. The van der Waals surface area contributed by atoms with Crippen LogP contribution in [-0.4, -0.2) is 29.0 Å². The van der Waals surface area contributed by atoms with Crippen LogP contribution in [0.1, 0.15) is 31.4 Å². The number of nitrogens with zero attached hydrogens (tertiary/aromatic N) is 3. The van der Waals surface area contributed by atoms with Crippen molar-refractivity contribution in [2.24, 2.45) is 11.0 Å². The predicted octanol–water partition coefficient (Wildman–Crippen LogP) is 4.10. The molecule has 1 N–H and O–H groups in total. The molecule has 0 fully saturated rings. The summed E-state index contributed by atoms with van der Waals surface area (Å²) in [5.41, 5.74) is 6.16. The van der Waals surface area contributed by atoms with E-state index in [9.17, 15) is 4.79 Å². The van der Waals surface area contributed by atoms with Crippen molar-refractivity contribution < 1.29 is 9.53 Å². The van der Waals surface area contributed by atoms with Crippen molar-refractivity contribution in [1.29, 1.82) is 0 Å². The number of carbonyl (C=O) groups is 1. The summed E-state index contributed by atoms with van der Waals surface area (Å²) >= 11 is 0. The molecule has 0 aliphatic rings. The molecule has 0 spiro atoms. The number of rotatable bonds is 8. The Labute approximate surface area is 171 Å². The van der Waals surface area contributed by atoms with Crippen LogP contribution >= 0.6 is 0 Å². The van der Waals surface area contributed by atoms with E-state index in [0.29, 0.717) is 13.0 Å². The maximum absolute atomic E-state index is 11.9. The first-order valence-corrected chi connectivity index (χ1v) is 9.63. The molecule has 0 aliphatic heterocycles. The summed E-state index contributed by atoms with van der Waals surface area (Å²) in [6.07, 6.45) is 3.99. The van der Waals surface area contributed by atoms with Gasteiger partial charge in [-0.2, -0.15) is 10.2 Å². The van der Waals surface area contributed by atoms with Gasteiger partial charge in [0.2, 0.25) is 5.91 Å². The molecule has 0 aliphatic carbocycles. The van der Waals surface area contributed by atoms with Gasteiger partial charge in [-0.25, -0.2) is 5.43 Å². The highest BCUT2D eigenvalue weighted by Crippen LogP contribution is 2.30. The van der Waals surface area contributed by atoms with Crippen molar-refractivity contribution >= 4 is 12.1 Å². The lowest BCUT2D eigenvalue weighted by Crippen LogP contribution is -2.19. The summed E-state index contributed by atoms with van der Waals surface area (Å²) in [4.78, 5) is 11.9. The Hall–Kier alpha value is -3.41. The minimum absolute atomic E-state index is 0.105. The van der Waals surface area contributed by atoms with Crippen molar-refractivity contribution in [2.75, 3.05) is 7.11 Å². The molecule has 3 aromatic rings. The zero-order valence-electron chi connectivity index (χ0n) is 17.0. The van der Waals surface area contributed by atoms with Gasteiger partial charge in [0.05, 0.1) is 19.9 Å². The second-order valence-corrected chi connectivity index (χ2v) is 7.21. The quantitative estimate of drug-likeness (QED) is 0.465. The molecule has 0 unspecified atom stereocenters. The number of methoxy groups -OCH3 is 1. The number of nitrogens with one attached hydrogen (secondary N) is 1. The Bertz CT molecular complexity index is 978. The summed E-state index contributed by atoms with van der Waals surface area (Å²) in [6, 6.07) is 17.8. The van der Waals surface area contributed by atoms with Gasteiger partial charge in [0, 0.05) is 23.7 Å². The van der Waals surface area contributed by atoms with Crippen molar-refractivity contribution in [3.63, 3.8) is 0 Å². The Balaban J connectivity index is 1.91. The molecular formula is C23H26N4O2. The molecule has 6 heteroatoms. The molecule has 0 saturated carbocycles. The Kier molecular flexibility index (Phi) is 6.79. The number of aromatic nitrogens is 2. The number of hydrogen-bond donors (Lipinski definition) is 1. The van der Waals surface area contributed by atoms with Gasteiger partial charge in [-0.3, -0.25) is 9.48 Å². The van der Waals surface area contributed by atoms with E-state index in [4.69, 9.17) is 9.84 Å². The van der Waals surface area contributed by atoms with Gasteiger partial charge >= 0.3 is 0 Å². The second kappa shape index (κ2) is 9.68. The van der Waals surface area contributed by atoms with E-state index in [1.54, 1.807) is 13.3 Å². The monoisotopic (exact) mass is 390 g/mol. The van der Waals surface area contributed by atoms with Crippen LogP contribution in [0.4, 0.5) is 0 Å². The lowest BCUT2D eigenvalue weighted by molar-refractivity contribution is -0.121. The zero-order chi connectivity index (χ0) is 20.6. The van der Waals surface area contributed by atoms with Gasteiger partial charge in [-0.15, -0.1) is 0 Å². The number of para-hydroxylation sites is 1. The molecule has 1 amide bonds. The Morgan fingerprint density at radius 3 is 2.62 bits per heavy atom. The first-order valence-electron chi connectivity index (χ1n) is 9.63. The van der Waals surface area contributed by atoms with Crippen molar-refractivity contribution in [2.45, 2.75) is 26.8 Å². The number of hydrazone groups is 1. The van der Waals surface area contributed by atoms with Crippen LogP contribution in [0.25, 0.3) is 11.3 Å². The molecule has 1 aromatic heterocycles. The molecule has 0 bridgehead atoms. The molecule has 29 heavy (non-hydrogen) atoms. The van der Waals surface area contributed by atoms with E-state index < -0.39 is 0 Å². The topological polar surface area (TPSA) is 68.5 Å². The smallest absolute Gasteiger partial charge is 0.240 e. The van der Waals surface area contributed by atoms with Crippen LogP contribution in [0.15, 0.2) is 65.9 Å². The number of amides is 1. The largest absolute Gasteiger partial charge is 0.496 e. The molecule has 0 saturated heterocycles. The van der Waals surface area contributed by atoms with Crippen LogP contribution in [0, 0.1) is 5.92 Å². The molecule has 150 valence electrons. The fourth-order valence-corrected chi connectivity index (χ4v) is 3.02. The van der Waals surface area contributed by atoms with Crippen molar-refractivity contribution in [3.05, 3.63) is 71.9 Å². The van der Waals surface area contributed by atoms with E-state index in [2.05, 4.69) is 22.7 Å². The molecule has 0 radical (unpaired) electrons. The highest BCUT2D eigenvalue weighted by molar-refractivity contribution is 5.90. The lowest BCUT2D eigenvalue weighted by atomic mass is 10.1. The maximum Gasteiger partial charge on any atom is 0.240 e. The number of benzene rings is 2. The third-order valence-electron chi connectivity index (χ3n) is 4.33. The molecule has 6 nitrogen and oxygen atoms in total.